The van der Waals surface area contributed by atoms with Gasteiger partial charge in [-0.2, -0.15) is 5.10 Å². The van der Waals surface area contributed by atoms with Crippen molar-refractivity contribution < 1.29 is 0 Å². The van der Waals surface area contributed by atoms with E-state index in [1.807, 2.05) is 0 Å². The summed E-state index contributed by atoms with van der Waals surface area (Å²) in [7, 11) is 0. The summed E-state index contributed by atoms with van der Waals surface area (Å²) in [5.41, 5.74) is 2.59. The molecule has 1 N–H and O–H groups in total. The first-order valence-corrected chi connectivity index (χ1v) is 7.04. The van der Waals surface area contributed by atoms with Crippen molar-refractivity contribution in [3.63, 3.8) is 0 Å². The molecule has 0 saturated heterocycles. The molecule has 0 spiro atoms. The van der Waals surface area contributed by atoms with Crippen LogP contribution in [0.15, 0.2) is 6.07 Å². The zero-order valence-corrected chi connectivity index (χ0v) is 11.8. The van der Waals surface area contributed by atoms with Crippen molar-refractivity contribution in [1.82, 2.24) is 15.1 Å². The number of aryl methyl sites for hydroxylation is 2. The summed E-state index contributed by atoms with van der Waals surface area (Å²) in [4.78, 5) is 0. The molecule has 0 amide bonds. The van der Waals surface area contributed by atoms with E-state index in [1.165, 1.54) is 24.2 Å². The first-order chi connectivity index (χ1) is 8.24. The highest BCUT2D eigenvalue weighted by molar-refractivity contribution is 5.11. The minimum absolute atomic E-state index is 0.585. The zero-order valence-electron chi connectivity index (χ0n) is 11.8. The highest BCUT2D eigenvalue weighted by atomic mass is 15.3. The Morgan fingerprint density at radius 3 is 2.59 bits per heavy atom. The average Bonchev–Trinajstić information content (AvgIpc) is 2.76. The van der Waals surface area contributed by atoms with Gasteiger partial charge in [0.05, 0.1) is 5.69 Å². The van der Waals surface area contributed by atoms with Gasteiger partial charge in [0.1, 0.15) is 0 Å². The minimum Gasteiger partial charge on any atom is -0.314 e. The molecule has 0 bridgehead atoms. The van der Waals surface area contributed by atoms with Crippen LogP contribution in [-0.2, 0) is 19.4 Å². The predicted molar refractivity (Wildman–Crippen MR) is 73.4 cm³/mol. The van der Waals surface area contributed by atoms with Gasteiger partial charge in [-0.3, -0.25) is 4.68 Å². The van der Waals surface area contributed by atoms with Gasteiger partial charge in [-0.1, -0.05) is 20.8 Å². The van der Waals surface area contributed by atoms with Crippen LogP contribution < -0.4 is 5.32 Å². The Bertz CT molecular complexity index is 317. The van der Waals surface area contributed by atoms with Crippen LogP contribution in [0.25, 0.3) is 0 Å². The predicted octanol–water partition coefficient (Wildman–Crippen LogP) is 2.79. The van der Waals surface area contributed by atoms with E-state index in [0.29, 0.717) is 6.04 Å². The average molecular weight is 237 g/mol. The van der Waals surface area contributed by atoms with Crippen LogP contribution in [0.3, 0.4) is 0 Å². The van der Waals surface area contributed by atoms with Crippen molar-refractivity contribution in [3.8, 4) is 0 Å². The minimum atomic E-state index is 0.585. The summed E-state index contributed by atoms with van der Waals surface area (Å²) in [6, 6.07) is 2.85. The molecule has 0 saturated carbocycles. The number of nitrogens with one attached hydrogen (secondary N) is 1. The molecule has 1 heterocycles. The summed E-state index contributed by atoms with van der Waals surface area (Å²) in [5.74, 6) is 0. The molecule has 3 nitrogen and oxygen atoms in total. The second-order valence-corrected chi connectivity index (χ2v) is 4.56. The molecule has 1 aromatic heterocycles. The third-order valence-electron chi connectivity index (χ3n) is 3.21. The lowest BCUT2D eigenvalue weighted by molar-refractivity contribution is 0.475. The van der Waals surface area contributed by atoms with Gasteiger partial charge in [-0.25, -0.2) is 0 Å². The van der Waals surface area contributed by atoms with Gasteiger partial charge >= 0.3 is 0 Å². The van der Waals surface area contributed by atoms with Crippen molar-refractivity contribution in [2.24, 2.45) is 0 Å². The molecule has 0 radical (unpaired) electrons. The highest BCUT2D eigenvalue weighted by Crippen LogP contribution is 2.10. The molecule has 17 heavy (non-hydrogen) atoms. The van der Waals surface area contributed by atoms with Gasteiger partial charge in [0.2, 0.25) is 0 Å². The lowest BCUT2D eigenvalue weighted by Gasteiger charge is -2.16. The normalized spacial score (nSPS) is 12.9. The molecule has 0 fully saturated rings. The van der Waals surface area contributed by atoms with Crippen LogP contribution in [-0.4, -0.2) is 22.4 Å². The molecule has 0 aliphatic heterocycles. The summed E-state index contributed by atoms with van der Waals surface area (Å²) in [6.07, 6.45) is 4.50. The monoisotopic (exact) mass is 237 g/mol. The Kier molecular flexibility index (Phi) is 6.27. The Hall–Kier alpha value is -0.830. The third kappa shape index (κ3) is 4.15. The Morgan fingerprint density at radius 1 is 1.29 bits per heavy atom. The van der Waals surface area contributed by atoms with Crippen LogP contribution >= 0.6 is 0 Å². The van der Waals surface area contributed by atoms with E-state index in [-0.39, 0.29) is 0 Å². The lowest BCUT2D eigenvalue weighted by Crippen LogP contribution is -2.31. The van der Waals surface area contributed by atoms with E-state index < -0.39 is 0 Å². The first kappa shape index (κ1) is 14.2. The van der Waals surface area contributed by atoms with E-state index in [4.69, 9.17) is 0 Å². The summed E-state index contributed by atoms with van der Waals surface area (Å²) >= 11 is 0. The number of hydrogen-bond donors (Lipinski definition) is 1. The lowest BCUT2D eigenvalue weighted by atomic mass is 10.1. The Morgan fingerprint density at radius 2 is 2.06 bits per heavy atom. The highest BCUT2D eigenvalue weighted by Gasteiger charge is 2.11. The molecule has 1 rings (SSSR count). The summed E-state index contributed by atoms with van der Waals surface area (Å²) in [5, 5.41) is 8.21. The van der Waals surface area contributed by atoms with Crippen LogP contribution in [0.4, 0.5) is 0 Å². The quantitative estimate of drug-likeness (QED) is 0.753. The molecule has 1 unspecified atom stereocenters. The molecular weight excluding hydrogens is 210 g/mol. The van der Waals surface area contributed by atoms with Crippen LogP contribution in [0, 0.1) is 0 Å². The van der Waals surface area contributed by atoms with E-state index in [9.17, 15) is 0 Å². The largest absolute Gasteiger partial charge is 0.314 e. The van der Waals surface area contributed by atoms with Crippen LogP contribution in [0.2, 0.25) is 0 Å². The number of hydrogen-bond acceptors (Lipinski definition) is 2. The Labute approximate surface area is 106 Å². The number of aromatic nitrogens is 2. The van der Waals surface area contributed by atoms with Gasteiger partial charge in [0.25, 0.3) is 0 Å². The van der Waals surface area contributed by atoms with Crippen molar-refractivity contribution in [3.05, 3.63) is 17.5 Å². The first-order valence-electron chi connectivity index (χ1n) is 7.04. The smallest absolute Gasteiger partial charge is 0.0624 e. The standard InChI is InChI=1S/C14H27N3/c1-5-9-15-12(6-2)10-14-11-13(7-3)16-17(14)8-4/h11-12,15H,5-10H2,1-4H3. The molecule has 98 valence electrons. The van der Waals surface area contributed by atoms with Crippen LogP contribution in [0.5, 0.6) is 0 Å². The molecule has 1 aromatic rings. The topological polar surface area (TPSA) is 29.9 Å². The molecule has 0 aliphatic rings. The van der Waals surface area contributed by atoms with Crippen molar-refractivity contribution in [1.29, 1.82) is 0 Å². The van der Waals surface area contributed by atoms with E-state index in [1.54, 1.807) is 0 Å². The van der Waals surface area contributed by atoms with Gasteiger partial charge in [-0.15, -0.1) is 0 Å². The number of rotatable bonds is 8. The fourth-order valence-corrected chi connectivity index (χ4v) is 2.09. The van der Waals surface area contributed by atoms with Crippen molar-refractivity contribution >= 4 is 0 Å². The molecule has 1 atom stereocenters. The second kappa shape index (κ2) is 7.49. The van der Waals surface area contributed by atoms with Gasteiger partial charge < -0.3 is 5.32 Å². The summed E-state index contributed by atoms with van der Waals surface area (Å²) < 4.78 is 2.15. The van der Waals surface area contributed by atoms with Crippen molar-refractivity contribution in [2.45, 2.75) is 66.0 Å². The molecule has 0 aliphatic carbocycles. The van der Waals surface area contributed by atoms with Crippen molar-refractivity contribution in [2.75, 3.05) is 6.54 Å². The maximum absolute atomic E-state index is 4.60. The van der Waals surface area contributed by atoms with Gasteiger partial charge in [0.15, 0.2) is 0 Å². The fourth-order valence-electron chi connectivity index (χ4n) is 2.09. The third-order valence-corrected chi connectivity index (χ3v) is 3.21. The molecule has 0 aromatic carbocycles. The maximum atomic E-state index is 4.60. The summed E-state index contributed by atoms with van der Waals surface area (Å²) in [6.45, 7) is 10.9. The molecule has 3 heteroatoms. The van der Waals surface area contributed by atoms with E-state index in [0.717, 1.165) is 25.9 Å². The number of nitrogens with zero attached hydrogens (tertiary/aromatic N) is 2. The van der Waals surface area contributed by atoms with Gasteiger partial charge in [-0.05, 0) is 38.8 Å². The second-order valence-electron chi connectivity index (χ2n) is 4.56. The zero-order chi connectivity index (χ0) is 12.7. The Balaban J connectivity index is 2.67. The maximum Gasteiger partial charge on any atom is 0.0624 e. The van der Waals surface area contributed by atoms with E-state index >= 15 is 0 Å². The van der Waals surface area contributed by atoms with Gasteiger partial charge in [0, 0.05) is 24.7 Å². The molecular formula is C14H27N3. The fraction of sp³-hybridized carbons (Fsp3) is 0.786. The SMILES string of the molecule is CCCNC(CC)Cc1cc(CC)nn1CC. The van der Waals surface area contributed by atoms with Crippen LogP contribution in [0.1, 0.15) is 51.9 Å². The van der Waals surface area contributed by atoms with E-state index in [2.05, 4.69) is 48.9 Å².